The number of carbonyl (C=O) groups excluding carboxylic acids is 2. The summed E-state index contributed by atoms with van der Waals surface area (Å²) in [6.45, 7) is 7.69. The van der Waals surface area contributed by atoms with Crippen LogP contribution in [-0.2, 0) is 11.2 Å². The summed E-state index contributed by atoms with van der Waals surface area (Å²) in [4.78, 5) is 26.6. The third kappa shape index (κ3) is 4.44. The molecule has 1 heterocycles. The van der Waals surface area contributed by atoms with Gasteiger partial charge in [-0.2, -0.15) is 0 Å². The fourth-order valence-electron chi connectivity index (χ4n) is 2.26. The van der Waals surface area contributed by atoms with Gasteiger partial charge in [-0.15, -0.1) is 0 Å². The van der Waals surface area contributed by atoms with E-state index in [2.05, 4.69) is 21.9 Å². The molecule has 0 spiro atoms. The van der Waals surface area contributed by atoms with E-state index in [1.165, 1.54) is 6.26 Å². The molecule has 0 saturated heterocycles. The largest absolute Gasteiger partial charge is 0.363 e. The van der Waals surface area contributed by atoms with Crippen LogP contribution in [0.4, 0.5) is 5.82 Å². The van der Waals surface area contributed by atoms with Crippen LogP contribution in [0.2, 0.25) is 0 Å². The van der Waals surface area contributed by atoms with Gasteiger partial charge < -0.3 is 14.7 Å². The summed E-state index contributed by atoms with van der Waals surface area (Å²) in [5.41, 5.74) is 1.23. The maximum absolute atomic E-state index is 12.8. The fraction of sp³-hybridized carbons (Fsp3) is 0.389. The van der Waals surface area contributed by atoms with Crippen molar-refractivity contribution >= 4 is 17.6 Å². The van der Waals surface area contributed by atoms with Gasteiger partial charge in [0.1, 0.15) is 12.8 Å². The lowest BCUT2D eigenvalue weighted by molar-refractivity contribution is -0.117. The number of hydrogen-bond acceptors (Lipinski definition) is 4. The molecule has 128 valence electrons. The number of rotatable bonds is 5. The molecule has 0 aliphatic carbocycles. The Balaban J connectivity index is 2.15. The second-order valence-corrected chi connectivity index (χ2v) is 6.55. The van der Waals surface area contributed by atoms with Crippen LogP contribution in [0.1, 0.15) is 43.6 Å². The molecule has 6 nitrogen and oxygen atoms in total. The molecule has 1 N–H and O–H groups in total. The van der Waals surface area contributed by atoms with Crippen molar-refractivity contribution in [3.8, 4) is 0 Å². The van der Waals surface area contributed by atoms with E-state index in [1.807, 2.05) is 32.9 Å². The average molecular weight is 329 g/mol. The SMILES string of the molecule is CCc1ccc(C(=O)N(CC(=O)Nc2ccon2)C(C)(C)C)cc1. The molecule has 6 heteroatoms. The van der Waals surface area contributed by atoms with Crippen molar-refractivity contribution in [3.63, 3.8) is 0 Å². The topological polar surface area (TPSA) is 75.4 Å². The zero-order valence-corrected chi connectivity index (χ0v) is 14.5. The number of nitrogens with one attached hydrogen (secondary N) is 1. The average Bonchev–Trinajstić information content (AvgIpc) is 3.04. The van der Waals surface area contributed by atoms with E-state index in [-0.39, 0.29) is 18.4 Å². The first-order valence-corrected chi connectivity index (χ1v) is 7.92. The molecule has 0 radical (unpaired) electrons. The number of benzene rings is 1. The summed E-state index contributed by atoms with van der Waals surface area (Å²) in [6.07, 6.45) is 2.29. The Morgan fingerprint density at radius 1 is 1.17 bits per heavy atom. The number of nitrogens with zero attached hydrogens (tertiary/aromatic N) is 2. The lowest BCUT2D eigenvalue weighted by Gasteiger charge is -2.35. The van der Waals surface area contributed by atoms with Gasteiger partial charge in [-0.3, -0.25) is 9.59 Å². The third-order valence-corrected chi connectivity index (χ3v) is 3.67. The zero-order valence-electron chi connectivity index (χ0n) is 14.5. The molecule has 1 aromatic heterocycles. The van der Waals surface area contributed by atoms with Crippen molar-refractivity contribution in [2.75, 3.05) is 11.9 Å². The van der Waals surface area contributed by atoms with Crippen LogP contribution >= 0.6 is 0 Å². The first-order chi connectivity index (χ1) is 11.3. The smallest absolute Gasteiger partial charge is 0.254 e. The number of carbonyl (C=O) groups is 2. The molecule has 2 amide bonds. The molecule has 0 aliphatic rings. The molecular formula is C18H23N3O3. The Bertz CT molecular complexity index is 685. The van der Waals surface area contributed by atoms with Crippen LogP contribution in [0, 0.1) is 0 Å². The number of aromatic nitrogens is 1. The maximum Gasteiger partial charge on any atom is 0.254 e. The highest BCUT2D eigenvalue weighted by Crippen LogP contribution is 2.18. The van der Waals surface area contributed by atoms with Crippen molar-refractivity contribution in [2.24, 2.45) is 0 Å². The summed E-state index contributed by atoms with van der Waals surface area (Å²) in [7, 11) is 0. The zero-order chi connectivity index (χ0) is 17.7. The van der Waals surface area contributed by atoms with Crippen LogP contribution in [0.25, 0.3) is 0 Å². The minimum Gasteiger partial charge on any atom is -0.363 e. The lowest BCUT2D eigenvalue weighted by atomic mass is 10.0. The molecule has 0 unspecified atom stereocenters. The molecule has 2 rings (SSSR count). The summed E-state index contributed by atoms with van der Waals surface area (Å²) in [5, 5.41) is 6.25. The predicted molar refractivity (Wildman–Crippen MR) is 91.7 cm³/mol. The molecule has 0 bridgehead atoms. The van der Waals surface area contributed by atoms with Gasteiger partial charge in [0.15, 0.2) is 5.82 Å². The van der Waals surface area contributed by atoms with E-state index < -0.39 is 5.54 Å². The predicted octanol–water partition coefficient (Wildman–Crippen LogP) is 3.12. The van der Waals surface area contributed by atoms with Crippen molar-refractivity contribution < 1.29 is 14.1 Å². The Labute approximate surface area is 141 Å². The highest BCUT2D eigenvalue weighted by Gasteiger charge is 2.29. The van der Waals surface area contributed by atoms with Gasteiger partial charge in [-0.1, -0.05) is 24.2 Å². The minimum atomic E-state index is -0.498. The minimum absolute atomic E-state index is 0.0648. The second-order valence-electron chi connectivity index (χ2n) is 6.55. The van der Waals surface area contributed by atoms with Crippen LogP contribution in [0.5, 0.6) is 0 Å². The molecule has 0 atom stereocenters. The molecule has 24 heavy (non-hydrogen) atoms. The number of amides is 2. The Kier molecular flexibility index (Phi) is 5.39. The highest BCUT2D eigenvalue weighted by molar-refractivity contribution is 5.99. The summed E-state index contributed by atoms with van der Waals surface area (Å²) in [5.74, 6) is -0.175. The van der Waals surface area contributed by atoms with Gasteiger partial charge in [-0.05, 0) is 44.9 Å². The van der Waals surface area contributed by atoms with Gasteiger partial charge in [-0.25, -0.2) is 0 Å². The fourth-order valence-corrected chi connectivity index (χ4v) is 2.26. The van der Waals surface area contributed by atoms with Crippen LogP contribution in [0.3, 0.4) is 0 Å². The van der Waals surface area contributed by atoms with E-state index in [4.69, 9.17) is 0 Å². The van der Waals surface area contributed by atoms with Crippen molar-refractivity contribution in [2.45, 2.75) is 39.7 Å². The standard InChI is InChI=1S/C18H23N3O3/c1-5-13-6-8-14(9-7-13)17(23)21(18(2,3)4)12-16(22)19-15-10-11-24-20-15/h6-11H,5,12H2,1-4H3,(H,19,20,22). The molecule has 2 aromatic rings. The van der Waals surface area contributed by atoms with Crippen molar-refractivity contribution in [1.82, 2.24) is 10.1 Å². The first kappa shape index (κ1) is 17.7. The van der Waals surface area contributed by atoms with Gasteiger partial charge in [0, 0.05) is 17.2 Å². The van der Waals surface area contributed by atoms with Gasteiger partial charge in [0.05, 0.1) is 0 Å². The number of anilines is 1. The van der Waals surface area contributed by atoms with Crippen LogP contribution < -0.4 is 5.32 Å². The Morgan fingerprint density at radius 3 is 2.33 bits per heavy atom. The summed E-state index contributed by atoms with van der Waals surface area (Å²) >= 11 is 0. The highest BCUT2D eigenvalue weighted by atomic mass is 16.5. The number of aryl methyl sites for hydroxylation is 1. The van der Waals surface area contributed by atoms with E-state index in [9.17, 15) is 9.59 Å². The van der Waals surface area contributed by atoms with Crippen molar-refractivity contribution in [3.05, 3.63) is 47.7 Å². The van der Waals surface area contributed by atoms with Crippen LogP contribution in [-0.4, -0.2) is 34.0 Å². The Hall–Kier alpha value is -2.63. The maximum atomic E-state index is 12.8. The van der Waals surface area contributed by atoms with E-state index in [0.29, 0.717) is 11.4 Å². The van der Waals surface area contributed by atoms with Gasteiger partial charge in [0.2, 0.25) is 5.91 Å². The molecule has 0 aliphatic heterocycles. The first-order valence-electron chi connectivity index (χ1n) is 7.92. The molecule has 0 saturated carbocycles. The summed E-state index contributed by atoms with van der Waals surface area (Å²) in [6, 6.07) is 9.02. The van der Waals surface area contributed by atoms with E-state index in [1.54, 1.807) is 23.1 Å². The quantitative estimate of drug-likeness (QED) is 0.914. The monoisotopic (exact) mass is 329 g/mol. The lowest BCUT2D eigenvalue weighted by Crippen LogP contribution is -2.49. The van der Waals surface area contributed by atoms with Crippen molar-refractivity contribution in [1.29, 1.82) is 0 Å². The second kappa shape index (κ2) is 7.29. The summed E-state index contributed by atoms with van der Waals surface area (Å²) < 4.78 is 4.68. The third-order valence-electron chi connectivity index (χ3n) is 3.67. The molecule has 0 fully saturated rings. The van der Waals surface area contributed by atoms with Crippen LogP contribution in [0.15, 0.2) is 41.1 Å². The van der Waals surface area contributed by atoms with E-state index in [0.717, 1.165) is 12.0 Å². The molecular weight excluding hydrogens is 306 g/mol. The molecule has 1 aromatic carbocycles. The van der Waals surface area contributed by atoms with Gasteiger partial charge >= 0.3 is 0 Å². The van der Waals surface area contributed by atoms with Gasteiger partial charge in [0.25, 0.3) is 5.91 Å². The normalized spacial score (nSPS) is 11.2. The Morgan fingerprint density at radius 2 is 1.83 bits per heavy atom. The van der Waals surface area contributed by atoms with E-state index >= 15 is 0 Å². The number of hydrogen-bond donors (Lipinski definition) is 1.